The summed E-state index contributed by atoms with van der Waals surface area (Å²) in [6, 6.07) is 0.686. The van der Waals surface area contributed by atoms with E-state index in [1.165, 1.54) is 0 Å². The third-order valence-electron chi connectivity index (χ3n) is 3.63. The molecule has 0 saturated heterocycles. The van der Waals surface area contributed by atoms with Gasteiger partial charge in [0, 0.05) is 12.1 Å². The van der Waals surface area contributed by atoms with Crippen molar-refractivity contribution >= 4 is 12.0 Å². The minimum Gasteiger partial charge on any atom is -0.450 e. The van der Waals surface area contributed by atoms with Crippen LogP contribution in [0.3, 0.4) is 0 Å². The first-order valence-electron chi connectivity index (χ1n) is 7.53. The van der Waals surface area contributed by atoms with Gasteiger partial charge in [-0.3, -0.25) is 15.0 Å². The average molecular weight is 285 g/mol. The molecule has 2 amide bonds. The van der Waals surface area contributed by atoms with Gasteiger partial charge in [-0.05, 0) is 45.6 Å². The minimum absolute atomic E-state index is 0.243. The van der Waals surface area contributed by atoms with Crippen LogP contribution in [0.15, 0.2) is 0 Å². The Balaban J connectivity index is 2.45. The summed E-state index contributed by atoms with van der Waals surface area (Å²) < 4.78 is 4.71. The third kappa shape index (κ3) is 5.88. The largest absolute Gasteiger partial charge is 0.450 e. The lowest BCUT2D eigenvalue weighted by molar-refractivity contribution is -0.122. The second kappa shape index (κ2) is 8.92. The lowest BCUT2D eigenvalue weighted by atomic mass is 9.90. The highest BCUT2D eigenvalue weighted by Gasteiger charge is 2.25. The zero-order valence-corrected chi connectivity index (χ0v) is 12.6. The van der Waals surface area contributed by atoms with E-state index >= 15 is 0 Å². The maximum absolute atomic E-state index is 11.8. The number of nitrogens with two attached hydrogens (primary N) is 1. The van der Waals surface area contributed by atoms with Crippen molar-refractivity contribution in [3.8, 4) is 0 Å². The summed E-state index contributed by atoms with van der Waals surface area (Å²) in [6.07, 6.45) is 4.37. The van der Waals surface area contributed by atoms with Crippen molar-refractivity contribution in [2.45, 2.75) is 58.0 Å². The number of imide groups is 1. The molecule has 20 heavy (non-hydrogen) atoms. The first-order chi connectivity index (χ1) is 9.56. The first kappa shape index (κ1) is 16.9. The van der Waals surface area contributed by atoms with E-state index in [2.05, 4.69) is 17.1 Å². The second-order valence-electron chi connectivity index (χ2n) is 5.31. The Morgan fingerprint density at radius 3 is 2.45 bits per heavy atom. The molecule has 0 aromatic heterocycles. The number of nitrogens with one attached hydrogen (secondary N) is 1. The molecule has 0 atom stereocenters. The molecule has 0 bridgehead atoms. The number of rotatable bonds is 6. The molecule has 1 aliphatic carbocycles. The summed E-state index contributed by atoms with van der Waals surface area (Å²) in [4.78, 5) is 25.2. The summed E-state index contributed by atoms with van der Waals surface area (Å²) in [5.41, 5.74) is 5.91. The van der Waals surface area contributed by atoms with Gasteiger partial charge in [0.1, 0.15) is 0 Å². The highest BCUT2D eigenvalue weighted by atomic mass is 16.5. The number of hydrogen-bond donors (Lipinski definition) is 2. The molecule has 0 aliphatic heterocycles. The van der Waals surface area contributed by atoms with E-state index in [4.69, 9.17) is 10.5 Å². The smallest absolute Gasteiger partial charge is 0.413 e. The van der Waals surface area contributed by atoms with Gasteiger partial charge in [0.05, 0.1) is 13.2 Å². The lowest BCUT2D eigenvalue weighted by Gasteiger charge is -2.35. The zero-order valence-electron chi connectivity index (χ0n) is 12.6. The zero-order chi connectivity index (χ0) is 15.0. The first-order valence-corrected chi connectivity index (χ1v) is 7.53. The number of hydrogen-bond acceptors (Lipinski definition) is 5. The standard InChI is InChI=1S/C14H27N3O3/c1-3-9-17(12-7-5-11(15)6-8-12)10-13(18)16-14(19)20-4-2/h11-12H,3-10,15H2,1-2H3,(H,16,18,19). The number of amides is 2. The maximum Gasteiger partial charge on any atom is 0.413 e. The predicted octanol–water partition coefficient (Wildman–Crippen LogP) is 1.24. The number of carbonyl (C=O) groups excluding carboxylic acids is 2. The fourth-order valence-electron chi connectivity index (χ4n) is 2.65. The average Bonchev–Trinajstić information content (AvgIpc) is 2.39. The molecule has 0 unspecified atom stereocenters. The molecule has 0 spiro atoms. The van der Waals surface area contributed by atoms with Crippen LogP contribution < -0.4 is 11.1 Å². The van der Waals surface area contributed by atoms with Crippen LogP contribution in [0.4, 0.5) is 4.79 Å². The van der Waals surface area contributed by atoms with E-state index in [-0.39, 0.29) is 19.1 Å². The van der Waals surface area contributed by atoms with E-state index < -0.39 is 6.09 Å². The van der Waals surface area contributed by atoms with Crippen molar-refractivity contribution in [2.75, 3.05) is 19.7 Å². The number of nitrogens with zero attached hydrogens (tertiary/aromatic N) is 1. The van der Waals surface area contributed by atoms with Gasteiger partial charge in [-0.1, -0.05) is 6.92 Å². The molecular weight excluding hydrogens is 258 g/mol. The number of carbonyl (C=O) groups is 2. The van der Waals surface area contributed by atoms with Crippen molar-refractivity contribution < 1.29 is 14.3 Å². The van der Waals surface area contributed by atoms with E-state index in [1.54, 1.807) is 6.92 Å². The monoisotopic (exact) mass is 285 g/mol. The van der Waals surface area contributed by atoms with Gasteiger partial charge in [0.15, 0.2) is 0 Å². The number of ether oxygens (including phenoxy) is 1. The topological polar surface area (TPSA) is 84.7 Å². The fourth-order valence-corrected chi connectivity index (χ4v) is 2.65. The fraction of sp³-hybridized carbons (Fsp3) is 0.857. The number of alkyl carbamates (subject to hydrolysis) is 1. The molecule has 1 saturated carbocycles. The van der Waals surface area contributed by atoms with Gasteiger partial charge in [0.2, 0.25) is 5.91 Å². The second-order valence-corrected chi connectivity index (χ2v) is 5.31. The van der Waals surface area contributed by atoms with Crippen molar-refractivity contribution in [3.63, 3.8) is 0 Å². The van der Waals surface area contributed by atoms with Crippen molar-refractivity contribution in [3.05, 3.63) is 0 Å². The third-order valence-corrected chi connectivity index (χ3v) is 3.63. The van der Waals surface area contributed by atoms with Crippen LogP contribution in [0, 0.1) is 0 Å². The highest BCUT2D eigenvalue weighted by molar-refractivity contribution is 5.92. The molecule has 1 fully saturated rings. The summed E-state index contributed by atoms with van der Waals surface area (Å²) >= 11 is 0. The molecule has 1 rings (SSSR count). The van der Waals surface area contributed by atoms with Gasteiger partial charge in [-0.25, -0.2) is 4.79 Å². The Hall–Kier alpha value is -1.14. The SMILES string of the molecule is CCCN(CC(=O)NC(=O)OCC)C1CCC(N)CC1. The van der Waals surface area contributed by atoms with Crippen LogP contribution in [0.1, 0.15) is 46.0 Å². The van der Waals surface area contributed by atoms with E-state index in [0.29, 0.717) is 12.1 Å². The molecular formula is C14H27N3O3. The molecule has 0 heterocycles. The van der Waals surface area contributed by atoms with Crippen molar-refractivity contribution in [1.82, 2.24) is 10.2 Å². The molecule has 0 aromatic carbocycles. The van der Waals surface area contributed by atoms with Crippen LogP contribution in [-0.2, 0) is 9.53 Å². The highest BCUT2D eigenvalue weighted by Crippen LogP contribution is 2.22. The van der Waals surface area contributed by atoms with Crippen LogP contribution in [-0.4, -0.2) is 48.7 Å². The maximum atomic E-state index is 11.8. The molecule has 1 aliphatic rings. The van der Waals surface area contributed by atoms with Crippen molar-refractivity contribution in [2.24, 2.45) is 5.73 Å². The normalized spacial score (nSPS) is 22.6. The van der Waals surface area contributed by atoms with Crippen LogP contribution in [0.5, 0.6) is 0 Å². The predicted molar refractivity (Wildman–Crippen MR) is 77.3 cm³/mol. The van der Waals surface area contributed by atoms with Crippen LogP contribution in [0.2, 0.25) is 0 Å². The molecule has 3 N–H and O–H groups in total. The minimum atomic E-state index is -0.667. The molecule has 0 radical (unpaired) electrons. The van der Waals surface area contributed by atoms with Crippen LogP contribution in [0.25, 0.3) is 0 Å². The van der Waals surface area contributed by atoms with Gasteiger partial charge in [0.25, 0.3) is 0 Å². The summed E-state index contributed by atoms with van der Waals surface area (Å²) in [5.74, 6) is -0.299. The van der Waals surface area contributed by atoms with E-state index in [1.807, 2.05) is 0 Å². The lowest BCUT2D eigenvalue weighted by Crippen LogP contribution is -2.47. The Morgan fingerprint density at radius 2 is 1.90 bits per heavy atom. The Kier molecular flexibility index (Phi) is 7.54. The Labute approximate surface area is 121 Å². The molecule has 0 aromatic rings. The summed E-state index contributed by atoms with van der Waals surface area (Å²) in [5, 5.41) is 2.25. The summed E-state index contributed by atoms with van der Waals surface area (Å²) in [6.45, 7) is 5.16. The Morgan fingerprint density at radius 1 is 1.25 bits per heavy atom. The van der Waals surface area contributed by atoms with Gasteiger partial charge >= 0.3 is 6.09 Å². The van der Waals surface area contributed by atoms with Crippen LogP contribution >= 0.6 is 0 Å². The Bertz CT molecular complexity index is 315. The van der Waals surface area contributed by atoms with Gasteiger partial charge in [-0.15, -0.1) is 0 Å². The molecule has 6 heteroatoms. The molecule has 6 nitrogen and oxygen atoms in total. The van der Waals surface area contributed by atoms with E-state index in [9.17, 15) is 9.59 Å². The van der Waals surface area contributed by atoms with Gasteiger partial charge in [-0.2, -0.15) is 0 Å². The van der Waals surface area contributed by atoms with E-state index in [0.717, 1.165) is 38.6 Å². The molecule has 116 valence electrons. The van der Waals surface area contributed by atoms with Crippen molar-refractivity contribution in [1.29, 1.82) is 0 Å². The quantitative estimate of drug-likeness (QED) is 0.767. The van der Waals surface area contributed by atoms with Gasteiger partial charge < -0.3 is 10.5 Å². The summed E-state index contributed by atoms with van der Waals surface area (Å²) in [7, 11) is 0.